The maximum Gasteiger partial charge on any atom is 0.308 e. The molecule has 2 aromatic rings. The summed E-state index contributed by atoms with van der Waals surface area (Å²) in [6, 6.07) is 4.57. The molecule has 0 spiro atoms. The Morgan fingerprint density at radius 1 is 1.12 bits per heavy atom. The Balaban J connectivity index is 1.91. The molecule has 0 aliphatic carbocycles. The van der Waals surface area contributed by atoms with E-state index in [0.29, 0.717) is 5.56 Å². The highest BCUT2D eigenvalue weighted by Gasteiger charge is 2.11. The van der Waals surface area contributed by atoms with E-state index >= 15 is 0 Å². The van der Waals surface area contributed by atoms with Crippen LogP contribution in [0.3, 0.4) is 0 Å². The number of hydrogen-bond acceptors (Lipinski definition) is 5. The lowest BCUT2D eigenvalue weighted by atomic mass is 10.3. The van der Waals surface area contributed by atoms with Gasteiger partial charge in [-0.2, -0.15) is 0 Å². The molecule has 2 N–H and O–H groups in total. The van der Waals surface area contributed by atoms with E-state index in [0.717, 1.165) is 0 Å². The third-order valence-corrected chi connectivity index (χ3v) is 1.87. The first-order chi connectivity index (χ1) is 8.27. The molecule has 0 atom stereocenters. The van der Waals surface area contributed by atoms with Crippen LogP contribution in [0.2, 0.25) is 0 Å². The molecule has 0 aliphatic rings. The average molecular weight is 232 g/mol. The number of hydrogen-bond donors (Lipinski definition) is 2. The van der Waals surface area contributed by atoms with Crippen molar-refractivity contribution in [3.8, 4) is 0 Å². The molecule has 2 amide bonds. The first-order valence-electron chi connectivity index (χ1n) is 4.69. The molecule has 17 heavy (non-hydrogen) atoms. The summed E-state index contributed by atoms with van der Waals surface area (Å²) in [7, 11) is 0. The molecule has 0 fully saturated rings. The Labute approximate surface area is 95.8 Å². The highest BCUT2D eigenvalue weighted by atomic mass is 16.5. The monoisotopic (exact) mass is 232 g/mol. The van der Waals surface area contributed by atoms with E-state index < -0.39 is 11.8 Å². The van der Waals surface area contributed by atoms with E-state index in [1.54, 1.807) is 18.3 Å². The normalized spacial score (nSPS) is 9.65. The van der Waals surface area contributed by atoms with Gasteiger partial charge in [0.1, 0.15) is 0 Å². The van der Waals surface area contributed by atoms with Gasteiger partial charge in [0.25, 0.3) is 5.91 Å². The molecule has 86 valence electrons. The van der Waals surface area contributed by atoms with Crippen molar-refractivity contribution in [2.75, 3.05) is 0 Å². The first-order valence-corrected chi connectivity index (χ1v) is 4.69. The fraction of sp³-hybridized carbons (Fsp3) is 0. The zero-order chi connectivity index (χ0) is 12.1. The molecule has 0 bridgehead atoms. The van der Waals surface area contributed by atoms with E-state index in [1.165, 1.54) is 18.5 Å². The number of amides is 2. The van der Waals surface area contributed by atoms with Crippen molar-refractivity contribution in [1.29, 1.82) is 0 Å². The van der Waals surface area contributed by atoms with E-state index in [4.69, 9.17) is 0 Å². The van der Waals surface area contributed by atoms with Gasteiger partial charge in [0, 0.05) is 18.5 Å². The Bertz CT molecular complexity index is 510. The second-order valence-electron chi connectivity index (χ2n) is 3.03. The molecule has 0 saturated carbocycles. The summed E-state index contributed by atoms with van der Waals surface area (Å²) in [6.07, 6.45) is 4.26. The summed E-state index contributed by atoms with van der Waals surface area (Å²) in [6.45, 7) is 0. The quantitative estimate of drug-likeness (QED) is 0.718. The van der Waals surface area contributed by atoms with E-state index in [9.17, 15) is 9.59 Å². The molecule has 2 heterocycles. The summed E-state index contributed by atoms with van der Waals surface area (Å²) < 4.78 is 4.61. The van der Waals surface area contributed by atoms with Gasteiger partial charge in [0.15, 0.2) is 0 Å². The van der Waals surface area contributed by atoms with E-state index in [2.05, 4.69) is 25.5 Å². The van der Waals surface area contributed by atoms with E-state index in [1.807, 2.05) is 0 Å². The Morgan fingerprint density at radius 2 is 1.94 bits per heavy atom. The number of hydrazine groups is 1. The molecule has 0 aliphatic heterocycles. The highest BCUT2D eigenvalue weighted by Crippen LogP contribution is 1.96. The van der Waals surface area contributed by atoms with Crippen LogP contribution in [0.25, 0.3) is 0 Å². The lowest BCUT2D eigenvalue weighted by Gasteiger charge is -2.04. The predicted octanol–water partition coefficient (Wildman–Crippen LogP) is 0.144. The summed E-state index contributed by atoms with van der Waals surface area (Å²) in [5, 5.41) is 3.37. The van der Waals surface area contributed by atoms with Gasteiger partial charge in [-0.15, -0.1) is 0 Å². The summed E-state index contributed by atoms with van der Waals surface area (Å²) in [5.41, 5.74) is 4.74. The zero-order valence-corrected chi connectivity index (χ0v) is 8.58. The predicted molar refractivity (Wildman–Crippen MR) is 55.7 cm³/mol. The molecule has 0 saturated heterocycles. The number of nitrogens with zero attached hydrogens (tertiary/aromatic N) is 2. The standard InChI is InChI=1S/C10H8N4O3/c15-9(7-2-1-4-11-6-7)13-14-10(16)8-3-5-12-17-8/h1-6H,(H,13,15)(H,14,16). The maximum absolute atomic E-state index is 11.5. The fourth-order valence-electron chi connectivity index (χ4n) is 1.08. The first kappa shape index (κ1) is 10.8. The van der Waals surface area contributed by atoms with Crippen molar-refractivity contribution < 1.29 is 14.1 Å². The van der Waals surface area contributed by atoms with Gasteiger partial charge in [0.2, 0.25) is 5.76 Å². The maximum atomic E-state index is 11.5. The van der Waals surface area contributed by atoms with Crippen LogP contribution in [0.5, 0.6) is 0 Å². The van der Waals surface area contributed by atoms with Gasteiger partial charge in [-0.1, -0.05) is 5.16 Å². The smallest absolute Gasteiger partial charge is 0.308 e. The van der Waals surface area contributed by atoms with Crippen LogP contribution in [-0.4, -0.2) is 22.0 Å². The Kier molecular flexibility index (Phi) is 3.10. The zero-order valence-electron chi connectivity index (χ0n) is 8.58. The minimum absolute atomic E-state index is 0.0106. The van der Waals surface area contributed by atoms with Gasteiger partial charge >= 0.3 is 5.91 Å². The van der Waals surface area contributed by atoms with E-state index in [-0.39, 0.29) is 5.76 Å². The molecule has 2 rings (SSSR count). The number of carbonyl (C=O) groups excluding carboxylic acids is 2. The summed E-state index contributed by atoms with van der Waals surface area (Å²) in [4.78, 5) is 26.7. The van der Waals surface area contributed by atoms with Crippen molar-refractivity contribution in [1.82, 2.24) is 21.0 Å². The number of rotatable bonds is 2. The van der Waals surface area contributed by atoms with Crippen molar-refractivity contribution >= 4 is 11.8 Å². The lowest BCUT2D eigenvalue weighted by molar-refractivity contribution is 0.0825. The Hall–Kier alpha value is -2.70. The van der Waals surface area contributed by atoms with Gasteiger partial charge in [-0.05, 0) is 12.1 Å². The molecule has 0 aromatic carbocycles. The summed E-state index contributed by atoms with van der Waals surface area (Å²) >= 11 is 0. The lowest BCUT2D eigenvalue weighted by Crippen LogP contribution is -2.41. The minimum atomic E-state index is -0.584. The summed E-state index contributed by atoms with van der Waals surface area (Å²) in [5.74, 6) is -1.04. The fourth-order valence-corrected chi connectivity index (χ4v) is 1.08. The number of carbonyl (C=O) groups is 2. The van der Waals surface area contributed by atoms with Crippen LogP contribution >= 0.6 is 0 Å². The van der Waals surface area contributed by atoms with Crippen molar-refractivity contribution in [3.63, 3.8) is 0 Å². The molecule has 0 radical (unpaired) electrons. The SMILES string of the molecule is O=C(NNC(=O)c1ccno1)c1cccnc1. The second kappa shape index (κ2) is 4.88. The van der Waals surface area contributed by atoms with Gasteiger partial charge in [-0.3, -0.25) is 25.4 Å². The third-order valence-electron chi connectivity index (χ3n) is 1.87. The number of nitrogens with one attached hydrogen (secondary N) is 2. The molecule has 7 nitrogen and oxygen atoms in total. The van der Waals surface area contributed by atoms with Gasteiger partial charge in [-0.25, -0.2) is 0 Å². The molecular weight excluding hydrogens is 224 g/mol. The molecule has 7 heteroatoms. The van der Waals surface area contributed by atoms with Crippen LogP contribution in [0.15, 0.2) is 41.3 Å². The topological polar surface area (TPSA) is 97.1 Å². The molecule has 0 unspecified atom stereocenters. The average Bonchev–Trinajstić information content (AvgIpc) is 2.90. The minimum Gasteiger partial charge on any atom is -0.351 e. The highest BCUT2D eigenvalue weighted by molar-refractivity contribution is 5.97. The number of aromatic nitrogens is 2. The largest absolute Gasteiger partial charge is 0.351 e. The van der Waals surface area contributed by atoms with Crippen LogP contribution in [0.4, 0.5) is 0 Å². The molecule has 2 aromatic heterocycles. The molecular formula is C10H8N4O3. The van der Waals surface area contributed by atoms with Crippen LogP contribution in [0.1, 0.15) is 20.9 Å². The van der Waals surface area contributed by atoms with Crippen molar-refractivity contribution in [3.05, 3.63) is 48.1 Å². The van der Waals surface area contributed by atoms with Crippen molar-refractivity contribution in [2.24, 2.45) is 0 Å². The van der Waals surface area contributed by atoms with Crippen LogP contribution < -0.4 is 10.9 Å². The van der Waals surface area contributed by atoms with Gasteiger partial charge < -0.3 is 4.52 Å². The van der Waals surface area contributed by atoms with Crippen LogP contribution in [0, 0.1) is 0 Å². The Morgan fingerprint density at radius 3 is 2.59 bits per heavy atom. The van der Waals surface area contributed by atoms with Gasteiger partial charge in [0.05, 0.1) is 11.8 Å². The number of pyridine rings is 1. The second-order valence-corrected chi connectivity index (χ2v) is 3.03. The van der Waals surface area contributed by atoms with Crippen molar-refractivity contribution in [2.45, 2.75) is 0 Å². The third kappa shape index (κ3) is 2.65. The van der Waals surface area contributed by atoms with Crippen LogP contribution in [-0.2, 0) is 0 Å².